The number of nitrogen functional groups attached to an aromatic ring is 1. The molecule has 0 atom stereocenters. The third-order valence-corrected chi connectivity index (χ3v) is 4.15. The first kappa shape index (κ1) is 13.8. The normalized spacial score (nSPS) is 13.1. The van der Waals surface area contributed by atoms with E-state index in [1.807, 2.05) is 25.2 Å². The molecule has 1 aliphatic heterocycles. The number of hydrogen-bond donors (Lipinski definition) is 1. The molecule has 0 spiro atoms. The monoisotopic (exact) mass is 287 g/mol. The molecule has 3 rings (SSSR count). The van der Waals surface area contributed by atoms with Gasteiger partial charge in [0.05, 0.1) is 5.69 Å². The van der Waals surface area contributed by atoms with Crippen LogP contribution in [0.15, 0.2) is 18.2 Å². The highest BCUT2D eigenvalue weighted by Gasteiger charge is 2.23. The fourth-order valence-electron chi connectivity index (χ4n) is 2.87. The molecule has 0 radical (unpaired) electrons. The molecule has 0 saturated heterocycles. The topological polar surface area (TPSA) is 62.3 Å². The molecule has 1 aromatic carbocycles. The first-order chi connectivity index (χ1) is 10.2. The predicted molar refractivity (Wildman–Crippen MR) is 82.5 cm³/mol. The summed E-state index contributed by atoms with van der Waals surface area (Å²) in [5.74, 6) is 2.65. The van der Waals surface area contributed by atoms with Crippen molar-refractivity contribution in [3.05, 3.63) is 23.9 Å². The quantitative estimate of drug-likeness (QED) is 0.937. The fraction of sp³-hybridized carbons (Fsp3) is 0.438. The zero-order chi connectivity index (χ0) is 15.0. The van der Waals surface area contributed by atoms with Gasteiger partial charge >= 0.3 is 0 Å². The number of aromatic nitrogens is 2. The number of aryl methyl sites for hydroxylation is 1. The summed E-state index contributed by atoms with van der Waals surface area (Å²) in [6.07, 6.45) is 2.09. The van der Waals surface area contributed by atoms with Gasteiger partial charge in [-0.2, -0.15) is 5.10 Å². The highest BCUT2D eigenvalue weighted by molar-refractivity contribution is 5.79. The van der Waals surface area contributed by atoms with Crippen LogP contribution in [0.3, 0.4) is 0 Å². The van der Waals surface area contributed by atoms with Crippen LogP contribution in [0.1, 0.15) is 38.3 Å². The second-order valence-corrected chi connectivity index (χ2v) is 5.35. The molecular formula is C16H21N3O2. The Hall–Kier alpha value is -2.17. The zero-order valence-electron chi connectivity index (χ0n) is 12.7. The maximum atomic E-state index is 6.26. The van der Waals surface area contributed by atoms with Gasteiger partial charge in [-0.1, -0.05) is 19.9 Å². The Bertz CT molecular complexity index is 660. The van der Waals surface area contributed by atoms with Crippen LogP contribution >= 0.6 is 0 Å². The molecule has 0 unspecified atom stereocenters. The number of ether oxygens (including phenoxy) is 2. The van der Waals surface area contributed by atoms with Gasteiger partial charge < -0.3 is 15.2 Å². The van der Waals surface area contributed by atoms with Gasteiger partial charge in [0.1, 0.15) is 5.82 Å². The van der Waals surface area contributed by atoms with Gasteiger partial charge in [0.15, 0.2) is 11.5 Å². The van der Waals surface area contributed by atoms with E-state index in [0.29, 0.717) is 11.7 Å². The molecule has 1 aromatic heterocycles. The minimum absolute atomic E-state index is 0.278. The van der Waals surface area contributed by atoms with E-state index >= 15 is 0 Å². The molecule has 0 bridgehead atoms. The lowest BCUT2D eigenvalue weighted by molar-refractivity contribution is 0.174. The van der Waals surface area contributed by atoms with Crippen molar-refractivity contribution in [2.24, 2.45) is 7.05 Å². The number of hydrogen-bond acceptors (Lipinski definition) is 4. The Kier molecular flexibility index (Phi) is 3.49. The minimum atomic E-state index is 0.278. The summed E-state index contributed by atoms with van der Waals surface area (Å²) in [5.41, 5.74) is 9.38. The maximum absolute atomic E-state index is 6.26. The van der Waals surface area contributed by atoms with Crippen LogP contribution in [0.25, 0.3) is 11.1 Å². The average molecular weight is 287 g/mol. The van der Waals surface area contributed by atoms with Gasteiger partial charge in [-0.05, 0) is 30.5 Å². The average Bonchev–Trinajstić information content (AvgIpc) is 3.05. The second kappa shape index (κ2) is 5.31. The van der Waals surface area contributed by atoms with Crippen LogP contribution in [-0.2, 0) is 7.05 Å². The van der Waals surface area contributed by atoms with Crippen molar-refractivity contribution < 1.29 is 9.47 Å². The summed E-state index contributed by atoms with van der Waals surface area (Å²) in [7, 11) is 1.89. The summed E-state index contributed by atoms with van der Waals surface area (Å²) < 4.78 is 12.6. The number of rotatable bonds is 4. The van der Waals surface area contributed by atoms with Crippen molar-refractivity contribution >= 4 is 5.82 Å². The van der Waals surface area contributed by atoms with Crippen molar-refractivity contribution in [1.82, 2.24) is 9.78 Å². The highest BCUT2D eigenvalue weighted by Crippen LogP contribution is 2.41. The van der Waals surface area contributed by atoms with Crippen LogP contribution in [0.5, 0.6) is 11.5 Å². The molecular weight excluding hydrogens is 266 g/mol. The molecule has 0 fully saturated rings. The lowest BCUT2D eigenvalue weighted by Crippen LogP contribution is -1.99. The predicted octanol–water partition coefficient (Wildman–Crippen LogP) is 3.30. The molecule has 0 amide bonds. The van der Waals surface area contributed by atoms with Crippen molar-refractivity contribution in [1.29, 1.82) is 0 Å². The smallest absolute Gasteiger partial charge is 0.231 e. The fourth-order valence-corrected chi connectivity index (χ4v) is 2.87. The first-order valence-corrected chi connectivity index (χ1v) is 7.38. The van der Waals surface area contributed by atoms with E-state index < -0.39 is 0 Å². The summed E-state index contributed by atoms with van der Waals surface area (Å²) in [4.78, 5) is 0. The largest absolute Gasteiger partial charge is 0.454 e. The van der Waals surface area contributed by atoms with Gasteiger partial charge in [-0.25, -0.2) is 0 Å². The number of anilines is 1. The molecule has 112 valence electrons. The molecule has 0 saturated carbocycles. The number of benzene rings is 1. The standard InChI is InChI=1S/C16H21N3O2/c1-4-10(5-2)15-14(16(17)19(3)18-15)11-6-7-12-13(8-11)21-9-20-12/h6-8,10H,4-5,9,17H2,1-3H3. The van der Waals surface area contributed by atoms with E-state index in [-0.39, 0.29) is 6.79 Å². The van der Waals surface area contributed by atoms with Crippen molar-refractivity contribution in [2.75, 3.05) is 12.5 Å². The lowest BCUT2D eigenvalue weighted by atomic mass is 9.93. The Morgan fingerprint density at radius 2 is 1.95 bits per heavy atom. The summed E-state index contributed by atoms with van der Waals surface area (Å²) in [6.45, 7) is 4.64. The molecule has 0 aliphatic carbocycles. The van der Waals surface area contributed by atoms with Crippen LogP contribution < -0.4 is 15.2 Å². The van der Waals surface area contributed by atoms with Crippen LogP contribution in [0, 0.1) is 0 Å². The zero-order valence-corrected chi connectivity index (χ0v) is 12.7. The molecule has 1 aliphatic rings. The third-order valence-electron chi connectivity index (χ3n) is 4.15. The van der Waals surface area contributed by atoms with Crippen molar-refractivity contribution in [3.8, 4) is 22.6 Å². The Morgan fingerprint density at radius 3 is 2.67 bits per heavy atom. The Morgan fingerprint density at radius 1 is 1.24 bits per heavy atom. The second-order valence-electron chi connectivity index (χ2n) is 5.35. The molecule has 2 aromatic rings. The van der Waals surface area contributed by atoms with Gasteiger partial charge in [-0.3, -0.25) is 4.68 Å². The van der Waals surface area contributed by atoms with Gasteiger partial charge in [-0.15, -0.1) is 0 Å². The number of nitrogens with zero attached hydrogens (tertiary/aromatic N) is 2. The number of fused-ring (bicyclic) bond motifs is 1. The van der Waals surface area contributed by atoms with Crippen LogP contribution in [0.4, 0.5) is 5.82 Å². The molecule has 21 heavy (non-hydrogen) atoms. The number of nitrogens with two attached hydrogens (primary N) is 1. The van der Waals surface area contributed by atoms with E-state index in [1.165, 1.54) is 0 Å². The lowest BCUT2D eigenvalue weighted by Gasteiger charge is -2.12. The SMILES string of the molecule is CCC(CC)c1nn(C)c(N)c1-c1ccc2c(c1)OCO2. The molecule has 5 heteroatoms. The minimum Gasteiger partial charge on any atom is -0.454 e. The third kappa shape index (κ3) is 2.22. The molecule has 2 heterocycles. The van der Waals surface area contributed by atoms with E-state index in [2.05, 4.69) is 18.9 Å². The maximum Gasteiger partial charge on any atom is 0.231 e. The van der Waals surface area contributed by atoms with E-state index in [9.17, 15) is 0 Å². The van der Waals surface area contributed by atoms with E-state index in [0.717, 1.165) is 41.2 Å². The van der Waals surface area contributed by atoms with Crippen molar-refractivity contribution in [2.45, 2.75) is 32.6 Å². The highest BCUT2D eigenvalue weighted by atomic mass is 16.7. The van der Waals surface area contributed by atoms with Crippen LogP contribution in [-0.4, -0.2) is 16.6 Å². The van der Waals surface area contributed by atoms with Crippen LogP contribution in [0.2, 0.25) is 0 Å². The van der Waals surface area contributed by atoms with Gasteiger partial charge in [0.2, 0.25) is 6.79 Å². The summed E-state index contributed by atoms with van der Waals surface area (Å²) >= 11 is 0. The van der Waals surface area contributed by atoms with Gasteiger partial charge in [0, 0.05) is 18.5 Å². The van der Waals surface area contributed by atoms with E-state index in [1.54, 1.807) is 4.68 Å². The first-order valence-electron chi connectivity index (χ1n) is 7.38. The van der Waals surface area contributed by atoms with E-state index in [4.69, 9.17) is 15.2 Å². The Labute approximate surface area is 124 Å². The Balaban J connectivity index is 2.13. The van der Waals surface area contributed by atoms with Gasteiger partial charge in [0.25, 0.3) is 0 Å². The molecule has 5 nitrogen and oxygen atoms in total. The summed E-state index contributed by atoms with van der Waals surface area (Å²) in [5, 5.41) is 4.64. The molecule has 2 N–H and O–H groups in total. The van der Waals surface area contributed by atoms with Crippen molar-refractivity contribution in [3.63, 3.8) is 0 Å². The summed E-state index contributed by atoms with van der Waals surface area (Å²) in [6, 6.07) is 5.94.